The minimum Gasteiger partial charge on any atom is -0.347 e. The highest BCUT2D eigenvalue weighted by atomic mass is 16.1. The first-order valence-electron chi connectivity index (χ1n) is 5.54. The van der Waals surface area contributed by atoms with Crippen LogP contribution in [0, 0.1) is 0 Å². The Morgan fingerprint density at radius 2 is 2.00 bits per heavy atom. The van der Waals surface area contributed by atoms with Crippen LogP contribution in [0.4, 0.5) is 5.69 Å². The zero-order valence-electron chi connectivity index (χ0n) is 9.76. The van der Waals surface area contributed by atoms with Gasteiger partial charge >= 0.3 is 0 Å². The van der Waals surface area contributed by atoms with Crippen LogP contribution in [0.3, 0.4) is 0 Å². The molecule has 0 unspecified atom stereocenters. The summed E-state index contributed by atoms with van der Waals surface area (Å²) in [5, 5.41) is 2.80. The zero-order chi connectivity index (χ0) is 12.8. The van der Waals surface area contributed by atoms with E-state index < -0.39 is 0 Å². The lowest BCUT2D eigenvalue weighted by molar-refractivity contribution is 0.0946. The molecule has 0 radical (unpaired) electrons. The number of hydrogen-bond donors (Lipinski definition) is 3. The van der Waals surface area contributed by atoms with E-state index in [4.69, 9.17) is 5.84 Å². The van der Waals surface area contributed by atoms with E-state index in [0.29, 0.717) is 17.9 Å². The van der Waals surface area contributed by atoms with Crippen LogP contribution < -0.4 is 16.6 Å². The van der Waals surface area contributed by atoms with Gasteiger partial charge < -0.3 is 10.7 Å². The Morgan fingerprint density at radius 1 is 1.22 bits per heavy atom. The Hall–Kier alpha value is -2.40. The molecule has 1 amide bonds. The van der Waals surface area contributed by atoms with E-state index in [9.17, 15) is 4.79 Å². The van der Waals surface area contributed by atoms with E-state index in [0.717, 1.165) is 5.56 Å². The molecular weight excluding hydrogens is 228 g/mol. The Morgan fingerprint density at radius 3 is 2.72 bits per heavy atom. The van der Waals surface area contributed by atoms with Gasteiger partial charge in [0, 0.05) is 12.7 Å². The van der Waals surface area contributed by atoms with Gasteiger partial charge in [-0.2, -0.15) is 0 Å². The molecule has 0 aliphatic rings. The number of rotatable bonds is 4. The van der Waals surface area contributed by atoms with Crippen molar-refractivity contribution < 1.29 is 4.79 Å². The summed E-state index contributed by atoms with van der Waals surface area (Å²) in [6.07, 6.45) is 1.53. The second kappa shape index (κ2) is 5.79. The molecule has 0 saturated heterocycles. The predicted molar refractivity (Wildman–Crippen MR) is 69.7 cm³/mol. The highest BCUT2D eigenvalue weighted by Crippen LogP contribution is 2.06. The second-order valence-electron chi connectivity index (χ2n) is 3.74. The van der Waals surface area contributed by atoms with E-state index in [1.807, 2.05) is 30.3 Å². The van der Waals surface area contributed by atoms with E-state index >= 15 is 0 Å². The zero-order valence-corrected chi connectivity index (χ0v) is 9.76. The summed E-state index contributed by atoms with van der Waals surface area (Å²) in [6.45, 7) is 0.474. The first-order chi connectivity index (χ1) is 8.79. The van der Waals surface area contributed by atoms with Gasteiger partial charge in [-0.3, -0.25) is 15.6 Å². The van der Waals surface area contributed by atoms with Gasteiger partial charge in [-0.1, -0.05) is 30.3 Å². The molecule has 5 heteroatoms. The van der Waals surface area contributed by atoms with Crippen molar-refractivity contribution in [2.45, 2.75) is 6.54 Å². The molecule has 4 N–H and O–H groups in total. The molecule has 0 saturated carbocycles. The van der Waals surface area contributed by atoms with E-state index in [2.05, 4.69) is 15.7 Å². The minimum atomic E-state index is -0.226. The van der Waals surface area contributed by atoms with Crippen LogP contribution in [0.5, 0.6) is 0 Å². The maximum atomic E-state index is 11.8. The SMILES string of the molecule is NNc1ccnc(C(=O)NCc2ccccc2)c1. The number of amides is 1. The monoisotopic (exact) mass is 242 g/mol. The average molecular weight is 242 g/mol. The summed E-state index contributed by atoms with van der Waals surface area (Å²) >= 11 is 0. The molecule has 2 rings (SSSR count). The largest absolute Gasteiger partial charge is 0.347 e. The van der Waals surface area contributed by atoms with Crippen LogP contribution in [0.15, 0.2) is 48.7 Å². The van der Waals surface area contributed by atoms with Crippen LogP contribution >= 0.6 is 0 Å². The second-order valence-corrected chi connectivity index (χ2v) is 3.74. The summed E-state index contributed by atoms with van der Waals surface area (Å²) in [5.74, 6) is 5.05. The van der Waals surface area contributed by atoms with Crippen molar-refractivity contribution in [3.05, 3.63) is 59.9 Å². The van der Waals surface area contributed by atoms with Crippen molar-refractivity contribution in [3.63, 3.8) is 0 Å². The number of carbonyl (C=O) groups excluding carboxylic acids is 1. The summed E-state index contributed by atoms with van der Waals surface area (Å²) in [4.78, 5) is 15.8. The average Bonchev–Trinajstić information content (AvgIpc) is 2.46. The fourth-order valence-electron chi connectivity index (χ4n) is 1.51. The number of nitrogen functional groups attached to an aromatic ring is 1. The van der Waals surface area contributed by atoms with Crippen molar-refractivity contribution in [1.29, 1.82) is 0 Å². The first-order valence-corrected chi connectivity index (χ1v) is 5.54. The van der Waals surface area contributed by atoms with Gasteiger partial charge in [-0.15, -0.1) is 0 Å². The number of aromatic nitrogens is 1. The molecule has 2 aromatic rings. The van der Waals surface area contributed by atoms with Gasteiger partial charge in [-0.25, -0.2) is 0 Å². The van der Waals surface area contributed by atoms with Crippen molar-refractivity contribution in [2.75, 3.05) is 5.43 Å². The molecule has 1 heterocycles. The van der Waals surface area contributed by atoms with Gasteiger partial charge in [0.2, 0.25) is 0 Å². The maximum Gasteiger partial charge on any atom is 0.270 e. The van der Waals surface area contributed by atoms with Crippen molar-refractivity contribution in [1.82, 2.24) is 10.3 Å². The molecule has 1 aromatic heterocycles. The number of hydrogen-bond acceptors (Lipinski definition) is 4. The van der Waals surface area contributed by atoms with Gasteiger partial charge in [0.15, 0.2) is 0 Å². The third-order valence-electron chi connectivity index (χ3n) is 2.46. The van der Waals surface area contributed by atoms with Gasteiger partial charge in [0.25, 0.3) is 5.91 Å². The standard InChI is InChI=1S/C13H14N4O/c14-17-11-6-7-15-12(8-11)13(18)16-9-10-4-2-1-3-5-10/h1-8H,9,14H2,(H,15,17)(H,16,18). The van der Waals surface area contributed by atoms with Crippen LogP contribution in [-0.2, 0) is 6.54 Å². The molecule has 5 nitrogen and oxygen atoms in total. The number of anilines is 1. The van der Waals surface area contributed by atoms with Crippen LogP contribution in [0.25, 0.3) is 0 Å². The maximum absolute atomic E-state index is 11.8. The quantitative estimate of drug-likeness (QED) is 0.557. The Kier molecular flexibility index (Phi) is 3.88. The Labute approximate surface area is 105 Å². The van der Waals surface area contributed by atoms with Crippen molar-refractivity contribution >= 4 is 11.6 Å². The van der Waals surface area contributed by atoms with Crippen molar-refractivity contribution in [3.8, 4) is 0 Å². The van der Waals surface area contributed by atoms with E-state index in [1.54, 1.807) is 12.1 Å². The van der Waals surface area contributed by atoms with Gasteiger partial charge in [-0.05, 0) is 17.7 Å². The third kappa shape index (κ3) is 3.05. The highest BCUT2D eigenvalue weighted by Gasteiger charge is 2.07. The molecular formula is C13H14N4O. The summed E-state index contributed by atoms with van der Waals surface area (Å²) < 4.78 is 0. The van der Waals surface area contributed by atoms with E-state index in [1.165, 1.54) is 6.20 Å². The Balaban J connectivity index is 1.99. The Bertz CT molecular complexity index is 528. The van der Waals surface area contributed by atoms with Crippen LogP contribution in [0.1, 0.15) is 16.1 Å². The normalized spacial score (nSPS) is 9.83. The molecule has 0 aliphatic carbocycles. The lowest BCUT2D eigenvalue weighted by atomic mass is 10.2. The molecule has 0 fully saturated rings. The molecule has 92 valence electrons. The molecule has 0 atom stereocenters. The highest BCUT2D eigenvalue weighted by molar-refractivity contribution is 5.93. The molecule has 0 spiro atoms. The summed E-state index contributed by atoms with van der Waals surface area (Å²) in [7, 11) is 0. The van der Waals surface area contributed by atoms with E-state index in [-0.39, 0.29) is 5.91 Å². The van der Waals surface area contributed by atoms with Crippen LogP contribution in [0.2, 0.25) is 0 Å². The fraction of sp³-hybridized carbons (Fsp3) is 0.0769. The third-order valence-corrected chi connectivity index (χ3v) is 2.46. The number of benzene rings is 1. The minimum absolute atomic E-state index is 0.226. The fourth-order valence-corrected chi connectivity index (χ4v) is 1.51. The van der Waals surface area contributed by atoms with Crippen molar-refractivity contribution in [2.24, 2.45) is 5.84 Å². The topological polar surface area (TPSA) is 80.0 Å². The van der Waals surface area contributed by atoms with Gasteiger partial charge in [0.1, 0.15) is 5.69 Å². The molecule has 1 aromatic carbocycles. The molecule has 18 heavy (non-hydrogen) atoms. The summed E-state index contributed by atoms with van der Waals surface area (Å²) in [5.41, 5.74) is 4.50. The number of hydrazine groups is 1. The van der Waals surface area contributed by atoms with Gasteiger partial charge in [0.05, 0.1) is 5.69 Å². The molecule has 0 bridgehead atoms. The first kappa shape index (κ1) is 12.1. The lowest BCUT2D eigenvalue weighted by Gasteiger charge is -2.06. The summed E-state index contributed by atoms with van der Waals surface area (Å²) in [6, 6.07) is 13.0. The number of nitrogens with one attached hydrogen (secondary N) is 2. The molecule has 0 aliphatic heterocycles. The number of carbonyl (C=O) groups is 1. The predicted octanol–water partition coefficient (Wildman–Crippen LogP) is 1.30. The number of pyridine rings is 1. The number of nitrogens with two attached hydrogens (primary N) is 1. The number of nitrogens with zero attached hydrogens (tertiary/aromatic N) is 1. The van der Waals surface area contributed by atoms with Crippen LogP contribution in [-0.4, -0.2) is 10.9 Å². The smallest absolute Gasteiger partial charge is 0.270 e. The lowest BCUT2D eigenvalue weighted by Crippen LogP contribution is -2.24.